The molecule has 0 radical (unpaired) electrons. The number of oxazole rings is 1. The largest absolute Gasteiger partial charge is 0.436 e. The summed E-state index contributed by atoms with van der Waals surface area (Å²) in [5.41, 5.74) is 3.30. The number of amides is 1. The van der Waals surface area contributed by atoms with Crippen molar-refractivity contribution >= 4 is 51.6 Å². The SMILES string of the molecule is O=C(NC(=S)Nc1ccc2oc(-c3ccncc3)nc2c1)c1ccc(Cl)cc1. The summed E-state index contributed by atoms with van der Waals surface area (Å²) in [7, 11) is 0. The monoisotopic (exact) mass is 408 g/mol. The van der Waals surface area contributed by atoms with Gasteiger partial charge in [-0.1, -0.05) is 11.6 Å². The third-order valence-corrected chi connectivity index (χ3v) is 4.36. The second kappa shape index (κ2) is 7.75. The van der Waals surface area contributed by atoms with Crippen molar-refractivity contribution in [2.45, 2.75) is 0 Å². The number of pyridine rings is 1. The lowest BCUT2D eigenvalue weighted by atomic mass is 10.2. The van der Waals surface area contributed by atoms with Gasteiger partial charge in [-0.3, -0.25) is 15.1 Å². The summed E-state index contributed by atoms with van der Waals surface area (Å²) in [6.07, 6.45) is 3.36. The summed E-state index contributed by atoms with van der Waals surface area (Å²) >= 11 is 11.1. The molecule has 0 aliphatic carbocycles. The van der Waals surface area contributed by atoms with Gasteiger partial charge in [-0.05, 0) is 66.8 Å². The minimum atomic E-state index is -0.323. The van der Waals surface area contributed by atoms with E-state index in [1.54, 1.807) is 54.9 Å². The van der Waals surface area contributed by atoms with Gasteiger partial charge in [-0.25, -0.2) is 4.98 Å². The average molecular weight is 409 g/mol. The third-order valence-electron chi connectivity index (χ3n) is 3.91. The first-order valence-corrected chi connectivity index (χ1v) is 9.06. The topological polar surface area (TPSA) is 80.0 Å². The highest BCUT2D eigenvalue weighted by molar-refractivity contribution is 7.80. The van der Waals surface area contributed by atoms with Crippen molar-refractivity contribution in [3.8, 4) is 11.5 Å². The lowest BCUT2D eigenvalue weighted by Crippen LogP contribution is -2.34. The smallest absolute Gasteiger partial charge is 0.257 e. The fourth-order valence-corrected chi connectivity index (χ4v) is 2.90. The first-order chi connectivity index (χ1) is 13.6. The Hall–Kier alpha value is -3.29. The van der Waals surface area contributed by atoms with Crippen LogP contribution in [0.15, 0.2) is 71.4 Å². The number of aromatic nitrogens is 2. The van der Waals surface area contributed by atoms with E-state index in [9.17, 15) is 4.79 Å². The van der Waals surface area contributed by atoms with Gasteiger partial charge in [-0.15, -0.1) is 0 Å². The summed E-state index contributed by atoms with van der Waals surface area (Å²) in [6, 6.07) is 15.6. The van der Waals surface area contributed by atoms with Crippen LogP contribution in [0.5, 0.6) is 0 Å². The Morgan fingerprint density at radius 3 is 2.54 bits per heavy atom. The fraction of sp³-hybridized carbons (Fsp3) is 0. The molecule has 0 bridgehead atoms. The first-order valence-electron chi connectivity index (χ1n) is 8.27. The van der Waals surface area contributed by atoms with Crippen LogP contribution in [0, 0.1) is 0 Å². The Bertz CT molecular complexity index is 1160. The number of anilines is 1. The number of thiocarbonyl (C=S) groups is 1. The standard InChI is InChI=1S/C20H13ClN4O2S/c21-14-3-1-12(2-4-14)18(26)25-20(28)23-15-5-6-17-16(11-15)24-19(27-17)13-7-9-22-10-8-13/h1-11H,(H2,23,25,26,28). The van der Waals surface area contributed by atoms with Gasteiger partial charge in [-0.2, -0.15) is 0 Å². The van der Waals surface area contributed by atoms with E-state index < -0.39 is 0 Å². The van der Waals surface area contributed by atoms with Crippen LogP contribution in [0.1, 0.15) is 10.4 Å². The molecule has 8 heteroatoms. The van der Waals surface area contributed by atoms with Crippen LogP contribution < -0.4 is 10.6 Å². The van der Waals surface area contributed by atoms with Gasteiger partial charge in [0, 0.05) is 34.2 Å². The molecule has 6 nitrogen and oxygen atoms in total. The molecule has 0 aliphatic rings. The van der Waals surface area contributed by atoms with Gasteiger partial charge in [0.2, 0.25) is 5.89 Å². The highest BCUT2D eigenvalue weighted by Gasteiger charge is 2.11. The van der Waals surface area contributed by atoms with Crippen LogP contribution in [-0.2, 0) is 0 Å². The number of rotatable bonds is 3. The molecule has 0 atom stereocenters. The normalized spacial score (nSPS) is 10.6. The number of halogens is 1. The molecular weight excluding hydrogens is 396 g/mol. The predicted octanol–water partition coefficient (Wildman–Crippen LogP) is 4.67. The van der Waals surface area contributed by atoms with Crippen molar-refractivity contribution < 1.29 is 9.21 Å². The van der Waals surface area contributed by atoms with E-state index in [1.807, 2.05) is 12.1 Å². The maximum Gasteiger partial charge on any atom is 0.257 e. The van der Waals surface area contributed by atoms with Crippen LogP contribution in [-0.4, -0.2) is 21.0 Å². The zero-order valence-electron chi connectivity index (χ0n) is 14.3. The maximum atomic E-state index is 12.2. The number of hydrogen-bond acceptors (Lipinski definition) is 5. The fourth-order valence-electron chi connectivity index (χ4n) is 2.56. The Balaban J connectivity index is 1.47. The van der Waals surface area contributed by atoms with Gasteiger partial charge < -0.3 is 9.73 Å². The Kier molecular flexibility index (Phi) is 5.01. The third kappa shape index (κ3) is 4.00. The molecule has 2 aromatic carbocycles. The molecular formula is C20H13ClN4O2S. The van der Waals surface area contributed by atoms with E-state index in [2.05, 4.69) is 20.6 Å². The van der Waals surface area contributed by atoms with Crippen molar-refractivity contribution in [3.05, 3.63) is 77.6 Å². The van der Waals surface area contributed by atoms with Gasteiger partial charge in [0.05, 0.1) is 0 Å². The first kappa shape index (κ1) is 18.1. The predicted molar refractivity (Wildman–Crippen MR) is 112 cm³/mol. The minimum absolute atomic E-state index is 0.178. The Labute approximate surface area is 170 Å². The number of carbonyl (C=O) groups excluding carboxylic acids is 1. The number of fused-ring (bicyclic) bond motifs is 1. The van der Waals surface area contributed by atoms with Gasteiger partial charge >= 0.3 is 0 Å². The Morgan fingerprint density at radius 2 is 1.79 bits per heavy atom. The van der Waals surface area contributed by atoms with Crippen LogP contribution in [0.25, 0.3) is 22.6 Å². The summed E-state index contributed by atoms with van der Waals surface area (Å²) in [5.74, 6) is 0.185. The molecule has 0 saturated carbocycles. The number of benzene rings is 2. The van der Waals surface area contributed by atoms with E-state index in [0.29, 0.717) is 33.3 Å². The summed E-state index contributed by atoms with van der Waals surface area (Å²) in [5, 5.41) is 6.35. The van der Waals surface area contributed by atoms with E-state index in [1.165, 1.54) is 0 Å². The zero-order valence-corrected chi connectivity index (χ0v) is 15.9. The van der Waals surface area contributed by atoms with Gasteiger partial charge in [0.1, 0.15) is 5.52 Å². The lowest BCUT2D eigenvalue weighted by Gasteiger charge is -2.09. The summed E-state index contributed by atoms with van der Waals surface area (Å²) in [6.45, 7) is 0. The van der Waals surface area contributed by atoms with Crippen LogP contribution in [0.3, 0.4) is 0 Å². The molecule has 0 saturated heterocycles. The highest BCUT2D eigenvalue weighted by atomic mass is 35.5. The Morgan fingerprint density at radius 1 is 1.04 bits per heavy atom. The number of nitrogens with one attached hydrogen (secondary N) is 2. The van der Waals surface area contributed by atoms with E-state index in [0.717, 1.165) is 5.56 Å². The molecule has 4 aromatic rings. The van der Waals surface area contributed by atoms with Crippen molar-refractivity contribution in [2.24, 2.45) is 0 Å². The highest BCUT2D eigenvalue weighted by Crippen LogP contribution is 2.25. The zero-order chi connectivity index (χ0) is 19.5. The summed E-state index contributed by atoms with van der Waals surface area (Å²) < 4.78 is 5.77. The second-order valence-electron chi connectivity index (χ2n) is 5.85. The second-order valence-corrected chi connectivity index (χ2v) is 6.70. The van der Waals surface area contributed by atoms with Gasteiger partial charge in [0.25, 0.3) is 5.91 Å². The molecule has 2 N–H and O–H groups in total. The van der Waals surface area contributed by atoms with Crippen molar-refractivity contribution in [2.75, 3.05) is 5.32 Å². The lowest BCUT2D eigenvalue weighted by molar-refractivity contribution is 0.0977. The van der Waals surface area contributed by atoms with E-state index in [4.69, 9.17) is 28.2 Å². The molecule has 0 spiro atoms. The van der Waals surface area contributed by atoms with Crippen molar-refractivity contribution in [1.29, 1.82) is 0 Å². The number of carbonyl (C=O) groups is 1. The molecule has 28 heavy (non-hydrogen) atoms. The molecule has 0 fully saturated rings. The number of hydrogen-bond donors (Lipinski definition) is 2. The number of nitrogens with zero attached hydrogens (tertiary/aromatic N) is 2. The molecule has 4 rings (SSSR count). The van der Waals surface area contributed by atoms with Gasteiger partial charge in [0.15, 0.2) is 10.7 Å². The molecule has 0 aliphatic heterocycles. The van der Waals surface area contributed by atoms with E-state index >= 15 is 0 Å². The van der Waals surface area contributed by atoms with E-state index in [-0.39, 0.29) is 11.0 Å². The van der Waals surface area contributed by atoms with Crippen LogP contribution in [0.2, 0.25) is 5.02 Å². The molecule has 1 amide bonds. The molecule has 2 aromatic heterocycles. The molecule has 138 valence electrons. The minimum Gasteiger partial charge on any atom is -0.436 e. The van der Waals surface area contributed by atoms with Crippen molar-refractivity contribution in [3.63, 3.8) is 0 Å². The van der Waals surface area contributed by atoms with Crippen LogP contribution >= 0.6 is 23.8 Å². The quantitative estimate of drug-likeness (QED) is 0.479. The maximum absolute atomic E-state index is 12.2. The average Bonchev–Trinajstić information content (AvgIpc) is 3.12. The summed E-state index contributed by atoms with van der Waals surface area (Å²) in [4.78, 5) is 20.7. The molecule has 0 unspecified atom stereocenters. The van der Waals surface area contributed by atoms with Crippen LogP contribution in [0.4, 0.5) is 5.69 Å². The van der Waals surface area contributed by atoms with Crippen molar-refractivity contribution in [1.82, 2.24) is 15.3 Å². The molecule has 2 heterocycles.